The monoisotopic (exact) mass is 384 g/mol. The van der Waals surface area contributed by atoms with Crippen molar-refractivity contribution in [2.45, 2.75) is 0 Å². The first-order valence-corrected chi connectivity index (χ1v) is 8.97. The van der Waals surface area contributed by atoms with Crippen LogP contribution in [0.4, 0.5) is 5.95 Å². The smallest absolute Gasteiger partial charge is 0.278 e. The van der Waals surface area contributed by atoms with Gasteiger partial charge in [-0.25, -0.2) is 14.5 Å². The molecule has 0 fully saturated rings. The van der Waals surface area contributed by atoms with Gasteiger partial charge < -0.3 is 9.72 Å². The molecule has 8 heteroatoms. The summed E-state index contributed by atoms with van der Waals surface area (Å²) in [7, 11) is 1.60. The van der Waals surface area contributed by atoms with E-state index in [0.717, 1.165) is 11.1 Å². The second-order valence-corrected chi connectivity index (χ2v) is 6.38. The van der Waals surface area contributed by atoms with Crippen LogP contribution in [-0.2, 0) is 0 Å². The number of carbonyl (C=O) groups is 1. The summed E-state index contributed by atoms with van der Waals surface area (Å²) >= 11 is 0. The highest BCUT2D eigenvalue weighted by molar-refractivity contribution is 6.04. The van der Waals surface area contributed by atoms with Crippen molar-refractivity contribution >= 4 is 28.5 Å². The fraction of sp³-hybridized carbons (Fsp3) is 0.0476. The molecule has 29 heavy (non-hydrogen) atoms. The number of imidazole rings is 2. The van der Waals surface area contributed by atoms with Crippen LogP contribution in [0.1, 0.15) is 10.5 Å². The van der Waals surface area contributed by atoms with Gasteiger partial charge >= 0.3 is 0 Å². The van der Waals surface area contributed by atoms with E-state index in [1.165, 1.54) is 10.7 Å². The van der Waals surface area contributed by atoms with E-state index < -0.39 is 0 Å². The van der Waals surface area contributed by atoms with Crippen LogP contribution in [0.5, 0.6) is 5.75 Å². The number of nitrogens with zero attached hydrogens (tertiary/aromatic N) is 4. The third-order valence-electron chi connectivity index (χ3n) is 4.65. The van der Waals surface area contributed by atoms with Crippen molar-refractivity contribution in [3.8, 4) is 16.9 Å². The Morgan fingerprint density at radius 1 is 1.10 bits per heavy atom. The van der Waals surface area contributed by atoms with E-state index in [0.29, 0.717) is 34.1 Å². The number of hydrogen-bond donors (Lipinski definition) is 2. The van der Waals surface area contributed by atoms with Crippen LogP contribution in [0.2, 0.25) is 0 Å². The first kappa shape index (κ1) is 16.9. The zero-order valence-corrected chi connectivity index (χ0v) is 15.5. The van der Waals surface area contributed by atoms with Crippen molar-refractivity contribution in [3.63, 3.8) is 0 Å². The standard InChI is InChI=1S/C21H16N6O2/c1-29-16-10-9-14(13-6-3-2-4-7-13)18-19(16)25-21(24-18)26-20(28)15-12-22-17-8-5-11-23-27(15)17/h2-12H,1H3,(H2,24,25,26,28). The van der Waals surface area contributed by atoms with Gasteiger partial charge in [0.2, 0.25) is 5.95 Å². The van der Waals surface area contributed by atoms with E-state index in [-0.39, 0.29) is 5.91 Å². The molecule has 5 aromatic rings. The average molecular weight is 384 g/mol. The number of rotatable bonds is 4. The van der Waals surface area contributed by atoms with Crippen molar-refractivity contribution in [1.29, 1.82) is 0 Å². The molecule has 5 rings (SSSR count). The zero-order valence-electron chi connectivity index (χ0n) is 15.5. The van der Waals surface area contributed by atoms with Gasteiger partial charge in [-0.1, -0.05) is 30.3 Å². The number of anilines is 1. The normalized spacial score (nSPS) is 11.1. The number of H-pyrrole nitrogens is 1. The molecule has 2 N–H and O–H groups in total. The molecular weight excluding hydrogens is 368 g/mol. The predicted molar refractivity (Wildman–Crippen MR) is 109 cm³/mol. The summed E-state index contributed by atoms with van der Waals surface area (Å²) < 4.78 is 6.94. The van der Waals surface area contributed by atoms with Crippen LogP contribution in [0.15, 0.2) is 67.0 Å². The maximum Gasteiger partial charge on any atom is 0.278 e. The van der Waals surface area contributed by atoms with Crippen molar-refractivity contribution in [1.82, 2.24) is 24.6 Å². The van der Waals surface area contributed by atoms with Gasteiger partial charge in [0.05, 0.1) is 13.3 Å². The van der Waals surface area contributed by atoms with Gasteiger partial charge in [0.1, 0.15) is 16.8 Å². The molecule has 0 atom stereocenters. The molecule has 0 aliphatic rings. The topological polar surface area (TPSA) is 97.2 Å². The van der Waals surface area contributed by atoms with Crippen LogP contribution >= 0.6 is 0 Å². The van der Waals surface area contributed by atoms with Crippen molar-refractivity contribution in [3.05, 3.63) is 72.7 Å². The first-order valence-electron chi connectivity index (χ1n) is 8.97. The highest BCUT2D eigenvalue weighted by Crippen LogP contribution is 2.33. The average Bonchev–Trinajstić information content (AvgIpc) is 3.38. The summed E-state index contributed by atoms with van der Waals surface area (Å²) in [6.07, 6.45) is 3.08. The predicted octanol–water partition coefficient (Wildman–Crippen LogP) is 3.53. The number of nitrogens with one attached hydrogen (secondary N) is 2. The maximum absolute atomic E-state index is 12.8. The molecule has 0 bridgehead atoms. The van der Waals surface area contributed by atoms with Gasteiger partial charge in [-0.2, -0.15) is 5.10 Å². The van der Waals surface area contributed by atoms with Crippen LogP contribution in [0.3, 0.4) is 0 Å². The second kappa shape index (κ2) is 6.75. The molecule has 3 aromatic heterocycles. The Morgan fingerprint density at radius 3 is 2.79 bits per heavy atom. The Labute approximate surface area is 165 Å². The molecule has 0 radical (unpaired) electrons. The van der Waals surface area contributed by atoms with Crippen LogP contribution in [0.25, 0.3) is 27.8 Å². The second-order valence-electron chi connectivity index (χ2n) is 6.38. The minimum atomic E-state index is -0.365. The Hall–Kier alpha value is -4.20. The lowest BCUT2D eigenvalue weighted by molar-refractivity contribution is 0.101. The summed E-state index contributed by atoms with van der Waals surface area (Å²) in [5, 5.41) is 6.96. The number of hydrogen-bond acceptors (Lipinski definition) is 5. The summed E-state index contributed by atoms with van der Waals surface area (Å²) in [6.45, 7) is 0. The summed E-state index contributed by atoms with van der Waals surface area (Å²) in [5.74, 6) is 0.595. The van der Waals surface area contributed by atoms with Crippen LogP contribution in [-0.4, -0.2) is 37.6 Å². The van der Waals surface area contributed by atoms with Gasteiger partial charge in [-0.15, -0.1) is 0 Å². The highest BCUT2D eigenvalue weighted by atomic mass is 16.5. The number of aromatic nitrogens is 5. The van der Waals surface area contributed by atoms with Gasteiger partial charge in [0, 0.05) is 11.8 Å². The van der Waals surface area contributed by atoms with Gasteiger partial charge in [-0.05, 0) is 29.8 Å². The summed E-state index contributed by atoms with van der Waals surface area (Å²) in [4.78, 5) is 24.7. The number of carbonyl (C=O) groups excluding carboxylic acids is 1. The molecule has 3 heterocycles. The van der Waals surface area contributed by atoms with E-state index >= 15 is 0 Å². The lowest BCUT2D eigenvalue weighted by Crippen LogP contribution is -2.16. The van der Waals surface area contributed by atoms with E-state index in [1.807, 2.05) is 42.5 Å². The third-order valence-corrected chi connectivity index (χ3v) is 4.65. The van der Waals surface area contributed by atoms with Gasteiger partial charge in [0.15, 0.2) is 11.3 Å². The molecular formula is C21H16N6O2. The fourth-order valence-corrected chi connectivity index (χ4v) is 3.30. The molecule has 142 valence electrons. The molecule has 0 unspecified atom stereocenters. The summed E-state index contributed by atoms with van der Waals surface area (Å²) in [5.41, 5.74) is 4.29. The molecule has 2 aromatic carbocycles. The van der Waals surface area contributed by atoms with Crippen LogP contribution in [0, 0.1) is 0 Å². The number of benzene rings is 2. The van der Waals surface area contributed by atoms with E-state index in [4.69, 9.17) is 4.74 Å². The first-order chi connectivity index (χ1) is 14.2. The minimum Gasteiger partial charge on any atom is -0.494 e. The molecule has 0 saturated heterocycles. The number of fused-ring (bicyclic) bond motifs is 2. The van der Waals surface area contributed by atoms with Crippen molar-refractivity contribution in [2.24, 2.45) is 0 Å². The van der Waals surface area contributed by atoms with E-state index in [9.17, 15) is 4.79 Å². The number of amides is 1. The number of methoxy groups -OCH3 is 1. The van der Waals surface area contributed by atoms with Crippen molar-refractivity contribution in [2.75, 3.05) is 12.4 Å². The highest BCUT2D eigenvalue weighted by Gasteiger charge is 2.17. The SMILES string of the molecule is COc1ccc(-c2ccccc2)c2nc(NC(=O)c3cnc4cccnn34)[nH]c12. The fourth-order valence-electron chi connectivity index (χ4n) is 3.30. The molecule has 0 aliphatic heterocycles. The minimum absolute atomic E-state index is 0.316. The number of ether oxygens (including phenoxy) is 1. The Bertz CT molecular complexity index is 1340. The number of aromatic amines is 1. The molecule has 0 aliphatic carbocycles. The molecule has 8 nitrogen and oxygen atoms in total. The Balaban J connectivity index is 1.56. The van der Waals surface area contributed by atoms with Gasteiger partial charge in [-0.3, -0.25) is 10.1 Å². The lowest BCUT2D eigenvalue weighted by atomic mass is 10.0. The molecule has 0 saturated carbocycles. The Morgan fingerprint density at radius 2 is 1.97 bits per heavy atom. The van der Waals surface area contributed by atoms with Gasteiger partial charge in [0.25, 0.3) is 5.91 Å². The molecule has 0 spiro atoms. The van der Waals surface area contributed by atoms with Crippen LogP contribution < -0.4 is 10.1 Å². The Kier molecular flexibility index (Phi) is 3.94. The van der Waals surface area contributed by atoms with E-state index in [2.05, 4.69) is 25.4 Å². The molecule has 1 amide bonds. The quantitative estimate of drug-likeness (QED) is 0.494. The van der Waals surface area contributed by atoms with E-state index in [1.54, 1.807) is 25.4 Å². The summed E-state index contributed by atoms with van der Waals surface area (Å²) in [6, 6.07) is 17.3. The zero-order chi connectivity index (χ0) is 19.8. The van der Waals surface area contributed by atoms with Crippen molar-refractivity contribution < 1.29 is 9.53 Å². The third kappa shape index (κ3) is 2.87. The lowest BCUT2D eigenvalue weighted by Gasteiger charge is -2.05. The largest absolute Gasteiger partial charge is 0.494 e. The maximum atomic E-state index is 12.8.